The molecule has 1 fully saturated rings. The van der Waals surface area contributed by atoms with Gasteiger partial charge in [0.05, 0.1) is 12.2 Å². The van der Waals surface area contributed by atoms with Crippen LogP contribution >= 0.6 is 0 Å². The lowest BCUT2D eigenvalue weighted by molar-refractivity contribution is 0.353. The van der Waals surface area contributed by atoms with Crippen LogP contribution in [-0.2, 0) is 13.6 Å². The molecule has 23 heavy (non-hydrogen) atoms. The van der Waals surface area contributed by atoms with Gasteiger partial charge in [0.1, 0.15) is 23.4 Å². The fourth-order valence-corrected chi connectivity index (χ4v) is 3.69. The minimum absolute atomic E-state index is 0.554. The van der Waals surface area contributed by atoms with Crippen molar-refractivity contribution < 1.29 is 0 Å². The Bertz CT molecular complexity index is 725. The molecule has 1 aliphatic rings. The summed E-state index contributed by atoms with van der Waals surface area (Å²) in [4.78, 5) is 6.72. The number of piperidine rings is 1. The van der Waals surface area contributed by atoms with Crippen molar-refractivity contribution in [2.45, 2.75) is 26.8 Å². The molecule has 2 N–H and O–H groups in total. The zero-order valence-corrected chi connectivity index (χ0v) is 14.0. The van der Waals surface area contributed by atoms with Crippen LogP contribution in [0.4, 0.5) is 11.5 Å². The lowest BCUT2D eigenvalue weighted by Gasteiger charge is -2.37. The van der Waals surface area contributed by atoms with Crippen LogP contribution in [0.5, 0.6) is 0 Å². The molecule has 0 aromatic carbocycles. The van der Waals surface area contributed by atoms with E-state index in [2.05, 4.69) is 29.8 Å². The number of hydrogen-bond donors (Lipinski definition) is 1. The number of aryl methyl sites for hydroxylation is 1. The molecule has 1 saturated heterocycles. The number of hydrogen-bond acceptors (Lipinski definition) is 4. The maximum absolute atomic E-state index is 9.48. The molecule has 0 unspecified atom stereocenters. The van der Waals surface area contributed by atoms with E-state index in [-0.39, 0.29) is 0 Å². The highest BCUT2D eigenvalue weighted by atomic mass is 15.3. The normalized spacial score (nSPS) is 21.4. The predicted molar refractivity (Wildman–Crippen MR) is 91.0 cm³/mol. The van der Waals surface area contributed by atoms with Crippen molar-refractivity contribution in [3.05, 3.63) is 30.0 Å². The first-order chi connectivity index (χ1) is 11.0. The molecule has 0 aliphatic carbocycles. The minimum Gasteiger partial charge on any atom is -0.396 e. The highest BCUT2D eigenvalue weighted by molar-refractivity contribution is 5.68. The zero-order chi connectivity index (χ0) is 16.6. The summed E-state index contributed by atoms with van der Waals surface area (Å²) in [6.45, 7) is 7.05. The van der Waals surface area contributed by atoms with Gasteiger partial charge in [0.25, 0.3) is 0 Å². The second kappa shape index (κ2) is 5.99. The van der Waals surface area contributed by atoms with Crippen molar-refractivity contribution in [3.8, 4) is 6.07 Å². The summed E-state index contributed by atoms with van der Waals surface area (Å²) in [6, 6.07) is 4.05. The summed E-state index contributed by atoms with van der Waals surface area (Å²) >= 11 is 0. The van der Waals surface area contributed by atoms with Crippen LogP contribution in [0.25, 0.3) is 0 Å². The second-order valence-corrected chi connectivity index (χ2v) is 6.81. The number of aromatic nitrogens is 3. The highest BCUT2D eigenvalue weighted by Gasteiger charge is 2.27. The van der Waals surface area contributed by atoms with Crippen molar-refractivity contribution in [2.24, 2.45) is 18.9 Å². The molecular formula is C17H24N6. The molecule has 2 aromatic rings. The van der Waals surface area contributed by atoms with Crippen molar-refractivity contribution >= 4 is 11.5 Å². The number of nitriles is 1. The smallest absolute Gasteiger partial charge is 0.133 e. The number of rotatable bonds is 3. The summed E-state index contributed by atoms with van der Waals surface area (Å²) in [5, 5.41) is 9.48. The standard InChI is InChI=1S/C17H24N6/c1-12-6-13(2)10-22(9-12)17-15(19)7-14(8-18)23(17)11-16-20-4-5-21(16)3/h4-5,7,12-13H,6,9-11,19H2,1-3H3/t12-,13-/m1/s1. The summed E-state index contributed by atoms with van der Waals surface area (Å²) < 4.78 is 3.98. The van der Waals surface area contributed by atoms with Crippen molar-refractivity contribution in [3.63, 3.8) is 0 Å². The minimum atomic E-state index is 0.554. The van der Waals surface area contributed by atoms with Gasteiger partial charge in [-0.05, 0) is 24.3 Å². The van der Waals surface area contributed by atoms with Gasteiger partial charge in [-0.3, -0.25) is 0 Å². The maximum Gasteiger partial charge on any atom is 0.133 e. The van der Waals surface area contributed by atoms with Gasteiger partial charge in [0.15, 0.2) is 0 Å². The van der Waals surface area contributed by atoms with Crippen molar-refractivity contribution in [1.82, 2.24) is 14.1 Å². The Balaban J connectivity index is 2.01. The summed E-state index contributed by atoms with van der Waals surface area (Å²) in [5.41, 5.74) is 7.53. The molecule has 0 amide bonds. The maximum atomic E-state index is 9.48. The molecule has 0 saturated carbocycles. The summed E-state index contributed by atoms with van der Waals surface area (Å²) in [6.07, 6.45) is 4.93. The van der Waals surface area contributed by atoms with Gasteiger partial charge in [-0.1, -0.05) is 13.8 Å². The number of nitrogen functional groups attached to an aromatic ring is 1. The Morgan fingerprint density at radius 1 is 1.35 bits per heavy atom. The van der Waals surface area contributed by atoms with Crippen LogP contribution in [-0.4, -0.2) is 27.2 Å². The zero-order valence-electron chi connectivity index (χ0n) is 14.0. The molecule has 6 heteroatoms. The van der Waals surface area contributed by atoms with Gasteiger partial charge in [-0.25, -0.2) is 4.98 Å². The lowest BCUT2D eigenvalue weighted by Crippen LogP contribution is -2.40. The number of anilines is 2. The SMILES string of the molecule is C[C@@H]1C[C@@H](C)CN(c2c(N)cc(C#N)n2Cc2nccn2C)C1. The van der Waals surface area contributed by atoms with E-state index in [0.717, 1.165) is 24.7 Å². The van der Waals surface area contributed by atoms with E-state index in [4.69, 9.17) is 5.73 Å². The molecule has 122 valence electrons. The fraction of sp³-hybridized carbons (Fsp3) is 0.529. The quantitative estimate of drug-likeness (QED) is 0.942. The largest absolute Gasteiger partial charge is 0.396 e. The van der Waals surface area contributed by atoms with E-state index >= 15 is 0 Å². The average Bonchev–Trinajstić information content (AvgIpc) is 3.02. The van der Waals surface area contributed by atoms with E-state index in [1.165, 1.54) is 6.42 Å². The Hall–Kier alpha value is -2.42. The van der Waals surface area contributed by atoms with Crippen molar-refractivity contribution in [2.75, 3.05) is 23.7 Å². The van der Waals surface area contributed by atoms with Crippen LogP contribution in [0.1, 0.15) is 31.8 Å². The molecule has 2 atom stereocenters. The Morgan fingerprint density at radius 2 is 2.04 bits per heavy atom. The first kappa shape index (κ1) is 15.5. The molecule has 0 spiro atoms. The van der Waals surface area contributed by atoms with Gasteiger partial charge in [0.2, 0.25) is 0 Å². The molecule has 6 nitrogen and oxygen atoms in total. The second-order valence-electron chi connectivity index (χ2n) is 6.81. The fourth-order valence-electron chi connectivity index (χ4n) is 3.69. The third-order valence-electron chi connectivity index (χ3n) is 4.60. The monoisotopic (exact) mass is 312 g/mol. The van der Waals surface area contributed by atoms with Crippen LogP contribution in [0.3, 0.4) is 0 Å². The van der Waals surface area contributed by atoms with Gasteiger partial charge in [-0.15, -0.1) is 0 Å². The van der Waals surface area contributed by atoms with Crippen molar-refractivity contribution in [1.29, 1.82) is 5.26 Å². The van der Waals surface area contributed by atoms with E-state index in [1.54, 1.807) is 12.3 Å². The molecule has 2 aromatic heterocycles. The third-order valence-corrected chi connectivity index (χ3v) is 4.60. The molecule has 3 heterocycles. The Kier molecular flexibility index (Phi) is 4.03. The van der Waals surface area contributed by atoms with Crippen LogP contribution in [0.2, 0.25) is 0 Å². The molecule has 0 bridgehead atoms. The van der Waals surface area contributed by atoms with E-state index < -0.39 is 0 Å². The first-order valence-electron chi connectivity index (χ1n) is 8.09. The summed E-state index contributed by atoms with van der Waals surface area (Å²) in [7, 11) is 1.96. The molecule has 0 radical (unpaired) electrons. The Morgan fingerprint density at radius 3 is 2.61 bits per heavy atom. The average molecular weight is 312 g/mol. The number of imidazole rings is 1. The van der Waals surface area contributed by atoms with Gasteiger partial charge in [0, 0.05) is 32.5 Å². The van der Waals surface area contributed by atoms with E-state index in [1.807, 2.05) is 22.4 Å². The lowest BCUT2D eigenvalue weighted by atomic mass is 9.92. The Labute approximate surface area is 137 Å². The van der Waals surface area contributed by atoms with Gasteiger partial charge < -0.3 is 19.8 Å². The predicted octanol–water partition coefficient (Wildman–Crippen LogP) is 2.21. The topological polar surface area (TPSA) is 75.8 Å². The molecule has 3 rings (SSSR count). The van der Waals surface area contributed by atoms with Gasteiger partial charge >= 0.3 is 0 Å². The van der Waals surface area contributed by atoms with E-state index in [0.29, 0.717) is 29.8 Å². The third kappa shape index (κ3) is 2.91. The highest BCUT2D eigenvalue weighted by Crippen LogP contribution is 2.33. The van der Waals surface area contributed by atoms with Gasteiger partial charge in [-0.2, -0.15) is 5.26 Å². The number of nitrogens with zero attached hydrogens (tertiary/aromatic N) is 5. The molecule has 1 aliphatic heterocycles. The van der Waals surface area contributed by atoms with E-state index in [9.17, 15) is 5.26 Å². The van der Waals surface area contributed by atoms with Crippen LogP contribution < -0.4 is 10.6 Å². The van der Waals surface area contributed by atoms with Crippen LogP contribution in [0, 0.1) is 23.2 Å². The van der Waals surface area contributed by atoms with Crippen LogP contribution in [0.15, 0.2) is 18.5 Å². The first-order valence-corrected chi connectivity index (χ1v) is 8.09. The summed E-state index contributed by atoms with van der Waals surface area (Å²) in [5.74, 6) is 3.12. The molecular weight excluding hydrogens is 288 g/mol. The number of nitrogens with two attached hydrogens (primary N) is 1.